The van der Waals surface area contributed by atoms with Crippen LogP contribution in [-0.2, 0) is 0 Å². The summed E-state index contributed by atoms with van der Waals surface area (Å²) in [6.45, 7) is 1.57. The minimum Gasteiger partial charge on any atom is -0.496 e. The van der Waals surface area contributed by atoms with Gasteiger partial charge >= 0.3 is 0 Å². The summed E-state index contributed by atoms with van der Waals surface area (Å²) < 4.78 is 5.13. The first kappa shape index (κ1) is 16.7. The number of nitro benzene ring substituents is 1. The van der Waals surface area contributed by atoms with Crippen molar-refractivity contribution in [3.63, 3.8) is 0 Å². The van der Waals surface area contributed by atoms with Crippen LogP contribution in [0.5, 0.6) is 5.75 Å². The number of aliphatic hydroxyl groups is 1. The molecule has 0 saturated heterocycles. The average Bonchev–Trinajstić information content (AvgIpc) is 2.42. The van der Waals surface area contributed by atoms with Gasteiger partial charge in [-0.25, -0.2) is 0 Å². The molecule has 21 heavy (non-hydrogen) atoms. The van der Waals surface area contributed by atoms with Crippen LogP contribution in [0.3, 0.4) is 0 Å². The number of nitro groups is 1. The van der Waals surface area contributed by atoms with Gasteiger partial charge in [-0.15, -0.1) is 0 Å². The Morgan fingerprint density at radius 2 is 2.14 bits per heavy atom. The number of hydrogen-bond acceptors (Lipinski definition) is 6. The Labute approximate surface area is 122 Å². The van der Waals surface area contributed by atoms with Crippen LogP contribution in [0.15, 0.2) is 12.1 Å². The fourth-order valence-corrected chi connectivity index (χ4v) is 1.74. The lowest BCUT2D eigenvalue weighted by Crippen LogP contribution is -2.31. The van der Waals surface area contributed by atoms with Crippen LogP contribution >= 0.6 is 0 Å². The summed E-state index contributed by atoms with van der Waals surface area (Å²) in [6, 6.07) is 2.61. The van der Waals surface area contributed by atoms with E-state index in [9.17, 15) is 20.0 Å². The Bertz CT molecular complexity index is 543. The number of amides is 1. The lowest BCUT2D eigenvalue weighted by Gasteiger charge is -2.16. The number of aliphatic hydroxyl groups excluding tert-OH is 1. The number of carbonyl (C=O) groups excluding carboxylic acids is 1. The number of nitrogens with zero attached hydrogens (tertiary/aromatic N) is 2. The van der Waals surface area contributed by atoms with Gasteiger partial charge in [-0.3, -0.25) is 14.9 Å². The molecule has 8 heteroatoms. The zero-order chi connectivity index (χ0) is 16.2. The largest absolute Gasteiger partial charge is 0.496 e. The summed E-state index contributed by atoms with van der Waals surface area (Å²) in [5.41, 5.74) is 0.197. The third-order valence-electron chi connectivity index (χ3n) is 2.78. The van der Waals surface area contributed by atoms with Crippen molar-refractivity contribution < 1.29 is 19.6 Å². The van der Waals surface area contributed by atoms with Crippen molar-refractivity contribution >= 4 is 17.3 Å². The molecule has 0 saturated carbocycles. The highest BCUT2D eigenvalue weighted by Gasteiger charge is 2.23. The first-order valence-corrected chi connectivity index (χ1v) is 6.28. The van der Waals surface area contributed by atoms with Gasteiger partial charge in [0.15, 0.2) is 0 Å². The predicted molar refractivity (Wildman–Crippen MR) is 78.0 cm³/mol. The molecule has 116 valence electrons. The highest BCUT2D eigenvalue weighted by molar-refractivity contribution is 5.98. The molecule has 1 atom stereocenters. The van der Waals surface area contributed by atoms with E-state index in [0.717, 1.165) is 0 Å². The van der Waals surface area contributed by atoms with E-state index in [-0.39, 0.29) is 23.5 Å². The van der Waals surface area contributed by atoms with Crippen LogP contribution in [0, 0.1) is 10.1 Å². The van der Waals surface area contributed by atoms with Gasteiger partial charge < -0.3 is 20.1 Å². The molecule has 1 aromatic carbocycles. The molecule has 0 heterocycles. The van der Waals surface area contributed by atoms with E-state index in [0.29, 0.717) is 5.69 Å². The molecule has 1 amide bonds. The molecule has 1 rings (SSSR count). The summed E-state index contributed by atoms with van der Waals surface area (Å²) in [5, 5.41) is 22.8. The lowest BCUT2D eigenvalue weighted by atomic mass is 10.1. The smallest absolute Gasteiger partial charge is 0.293 e. The molecule has 0 aliphatic carbocycles. The first-order valence-electron chi connectivity index (χ1n) is 6.28. The summed E-state index contributed by atoms with van der Waals surface area (Å²) in [7, 11) is 4.70. The topological polar surface area (TPSA) is 105 Å². The van der Waals surface area contributed by atoms with Crippen LogP contribution in [-0.4, -0.2) is 49.8 Å². The van der Waals surface area contributed by atoms with Crippen LogP contribution in [0.25, 0.3) is 0 Å². The minimum atomic E-state index is -0.712. The van der Waals surface area contributed by atoms with Gasteiger partial charge in [0.2, 0.25) is 0 Å². The molecule has 2 N–H and O–H groups in total. The quantitative estimate of drug-likeness (QED) is 0.594. The average molecular weight is 297 g/mol. The maximum Gasteiger partial charge on any atom is 0.293 e. The van der Waals surface area contributed by atoms with Crippen molar-refractivity contribution in [2.45, 2.75) is 13.0 Å². The summed E-state index contributed by atoms with van der Waals surface area (Å²) >= 11 is 0. The van der Waals surface area contributed by atoms with E-state index in [1.54, 1.807) is 19.0 Å². The second-order valence-corrected chi connectivity index (χ2v) is 4.75. The van der Waals surface area contributed by atoms with Gasteiger partial charge in [-0.05, 0) is 6.92 Å². The number of carbonyl (C=O) groups is 1. The van der Waals surface area contributed by atoms with E-state index in [4.69, 9.17) is 4.74 Å². The number of methoxy groups -OCH3 is 1. The number of rotatable bonds is 6. The SMILES string of the molecule is COc1cc(N(C)C)c([N+](=O)[O-])cc1C(=O)NC[C@@H](C)O. The summed E-state index contributed by atoms with van der Waals surface area (Å²) in [6.07, 6.45) is -0.712. The minimum absolute atomic E-state index is 0.0468. The Morgan fingerprint density at radius 1 is 1.52 bits per heavy atom. The molecule has 0 aliphatic rings. The first-order chi connectivity index (χ1) is 9.77. The van der Waals surface area contributed by atoms with Crippen LogP contribution in [0.1, 0.15) is 17.3 Å². The number of anilines is 1. The second kappa shape index (κ2) is 6.89. The Balaban J connectivity index is 3.28. The van der Waals surface area contributed by atoms with E-state index in [1.807, 2.05) is 0 Å². The van der Waals surface area contributed by atoms with E-state index in [2.05, 4.69) is 5.32 Å². The Morgan fingerprint density at radius 3 is 2.57 bits per heavy atom. The highest BCUT2D eigenvalue weighted by Crippen LogP contribution is 2.34. The van der Waals surface area contributed by atoms with Gasteiger partial charge in [0, 0.05) is 32.8 Å². The Hall–Kier alpha value is -2.35. The Kier molecular flexibility index (Phi) is 5.48. The molecular weight excluding hydrogens is 278 g/mol. The number of benzene rings is 1. The third-order valence-corrected chi connectivity index (χ3v) is 2.78. The molecule has 0 unspecified atom stereocenters. The van der Waals surface area contributed by atoms with E-state index >= 15 is 0 Å². The predicted octanol–water partition coefficient (Wildman–Crippen LogP) is 0.780. The van der Waals surface area contributed by atoms with Crippen molar-refractivity contribution in [1.29, 1.82) is 0 Å². The second-order valence-electron chi connectivity index (χ2n) is 4.75. The highest BCUT2D eigenvalue weighted by atomic mass is 16.6. The molecular formula is C13H19N3O5. The van der Waals surface area contributed by atoms with Gasteiger partial charge in [0.1, 0.15) is 11.4 Å². The molecule has 0 fully saturated rings. The number of ether oxygens (including phenoxy) is 1. The van der Waals surface area contributed by atoms with E-state index < -0.39 is 16.9 Å². The van der Waals surface area contributed by atoms with Gasteiger partial charge in [-0.2, -0.15) is 0 Å². The van der Waals surface area contributed by atoms with E-state index in [1.165, 1.54) is 26.2 Å². The van der Waals surface area contributed by atoms with Crippen molar-refractivity contribution in [1.82, 2.24) is 5.32 Å². The number of hydrogen-bond donors (Lipinski definition) is 2. The van der Waals surface area contributed by atoms with Crippen LogP contribution in [0.2, 0.25) is 0 Å². The third kappa shape index (κ3) is 4.06. The molecule has 8 nitrogen and oxygen atoms in total. The maximum absolute atomic E-state index is 12.0. The van der Waals surface area contributed by atoms with Crippen molar-refractivity contribution in [2.24, 2.45) is 0 Å². The zero-order valence-electron chi connectivity index (χ0n) is 12.4. The lowest BCUT2D eigenvalue weighted by molar-refractivity contribution is -0.384. The molecule has 0 aliphatic heterocycles. The van der Waals surface area contributed by atoms with Crippen molar-refractivity contribution in [3.05, 3.63) is 27.8 Å². The van der Waals surface area contributed by atoms with Crippen LogP contribution < -0.4 is 15.0 Å². The zero-order valence-corrected chi connectivity index (χ0v) is 12.4. The summed E-state index contributed by atoms with van der Waals surface area (Å²) in [4.78, 5) is 24.2. The van der Waals surface area contributed by atoms with Crippen molar-refractivity contribution in [2.75, 3.05) is 32.6 Å². The van der Waals surface area contributed by atoms with Gasteiger partial charge in [-0.1, -0.05) is 0 Å². The van der Waals surface area contributed by atoms with Gasteiger partial charge in [0.05, 0.1) is 23.7 Å². The molecule has 0 bridgehead atoms. The maximum atomic E-state index is 12.0. The van der Waals surface area contributed by atoms with Gasteiger partial charge in [0.25, 0.3) is 11.6 Å². The monoisotopic (exact) mass is 297 g/mol. The summed E-state index contributed by atoms with van der Waals surface area (Å²) in [5.74, 6) is -0.312. The standard InChI is InChI=1S/C13H19N3O5/c1-8(17)7-14-13(18)9-5-11(16(19)20)10(15(2)3)6-12(9)21-4/h5-6,8,17H,7H2,1-4H3,(H,14,18)/t8-/m1/s1. The molecule has 0 radical (unpaired) electrons. The normalized spacial score (nSPS) is 11.7. The molecule has 1 aromatic rings. The molecule has 0 spiro atoms. The van der Waals surface area contributed by atoms with Crippen molar-refractivity contribution in [3.8, 4) is 5.75 Å². The number of nitrogens with one attached hydrogen (secondary N) is 1. The molecule has 0 aromatic heterocycles. The van der Waals surface area contributed by atoms with Crippen LogP contribution in [0.4, 0.5) is 11.4 Å². The fourth-order valence-electron chi connectivity index (χ4n) is 1.74. The fraction of sp³-hybridized carbons (Fsp3) is 0.462.